The lowest BCUT2D eigenvalue weighted by Crippen LogP contribution is -2.59. The Kier molecular flexibility index (Phi) is 3.85. The van der Waals surface area contributed by atoms with Crippen LogP contribution in [0.15, 0.2) is 11.6 Å². The number of esters is 2. The first kappa shape index (κ1) is 17.4. The average molecular weight is 337 g/mol. The van der Waals surface area contributed by atoms with Crippen LogP contribution in [0.4, 0.5) is 0 Å². The fraction of sp³-hybridized carbons (Fsp3) is 0.778. The summed E-state index contributed by atoms with van der Waals surface area (Å²) in [4.78, 5) is 27.7. The number of cyclic esters (lactones) is 1. The number of nitrogens with zero attached hydrogens (tertiary/aromatic N) is 1. The van der Waals surface area contributed by atoms with Gasteiger partial charge in [-0.3, -0.25) is 9.69 Å². The molecule has 0 saturated carbocycles. The Balaban J connectivity index is 2.03. The maximum Gasteiger partial charge on any atom is 0.338 e. The van der Waals surface area contributed by atoms with Crippen LogP contribution in [0, 0.1) is 10.8 Å². The fourth-order valence-electron chi connectivity index (χ4n) is 3.82. The number of hydrogen-bond donors (Lipinski definition) is 1. The summed E-state index contributed by atoms with van der Waals surface area (Å²) < 4.78 is 11.3. The van der Waals surface area contributed by atoms with Crippen molar-refractivity contribution >= 4 is 11.9 Å². The van der Waals surface area contributed by atoms with Gasteiger partial charge in [-0.25, -0.2) is 4.79 Å². The van der Waals surface area contributed by atoms with E-state index in [1.807, 2.05) is 6.08 Å². The second-order valence-electron chi connectivity index (χ2n) is 8.35. The minimum Gasteiger partial charge on any atom is -0.460 e. The summed E-state index contributed by atoms with van der Waals surface area (Å²) >= 11 is 0. The highest BCUT2D eigenvalue weighted by Crippen LogP contribution is 2.49. The van der Waals surface area contributed by atoms with Crippen LogP contribution < -0.4 is 0 Å². The number of carbonyl (C=O) groups is 2. The van der Waals surface area contributed by atoms with Gasteiger partial charge in [0.15, 0.2) is 5.60 Å². The normalized spacial score (nSPS) is 38.7. The van der Waals surface area contributed by atoms with Crippen molar-refractivity contribution in [3.63, 3.8) is 0 Å². The number of rotatable bonds is 0. The second-order valence-corrected chi connectivity index (χ2v) is 8.35. The highest BCUT2D eigenvalue weighted by Gasteiger charge is 2.60. The van der Waals surface area contributed by atoms with Crippen molar-refractivity contribution in [1.82, 2.24) is 4.90 Å². The molecule has 1 N–H and O–H groups in total. The SMILES string of the molecule is CC1(C)C(=O)OC2CCN3CC=C(COC(=O)C(C)(O)C1(C)C)C23. The third-order valence-electron chi connectivity index (χ3n) is 6.73. The Morgan fingerprint density at radius 2 is 1.83 bits per heavy atom. The van der Waals surface area contributed by atoms with Gasteiger partial charge in [-0.2, -0.15) is 0 Å². The van der Waals surface area contributed by atoms with Gasteiger partial charge in [0.1, 0.15) is 12.7 Å². The first-order valence-electron chi connectivity index (χ1n) is 8.54. The molecule has 3 rings (SSSR count). The smallest absolute Gasteiger partial charge is 0.338 e. The molecule has 6 nitrogen and oxygen atoms in total. The molecule has 0 bridgehead atoms. The van der Waals surface area contributed by atoms with Gasteiger partial charge in [-0.15, -0.1) is 0 Å². The molecule has 3 aliphatic rings. The highest BCUT2D eigenvalue weighted by molar-refractivity contribution is 5.84. The van der Waals surface area contributed by atoms with Gasteiger partial charge in [0.05, 0.1) is 11.5 Å². The van der Waals surface area contributed by atoms with Gasteiger partial charge >= 0.3 is 11.9 Å². The molecule has 0 aromatic heterocycles. The fourth-order valence-corrected chi connectivity index (χ4v) is 3.82. The molecule has 0 radical (unpaired) electrons. The van der Waals surface area contributed by atoms with E-state index >= 15 is 0 Å². The molecular formula is C18H27NO5. The molecule has 6 heteroatoms. The largest absolute Gasteiger partial charge is 0.460 e. The van der Waals surface area contributed by atoms with Gasteiger partial charge in [0.2, 0.25) is 0 Å². The van der Waals surface area contributed by atoms with Crippen LogP contribution >= 0.6 is 0 Å². The van der Waals surface area contributed by atoms with Gasteiger partial charge in [-0.1, -0.05) is 19.9 Å². The molecular weight excluding hydrogens is 310 g/mol. The summed E-state index contributed by atoms with van der Waals surface area (Å²) in [6, 6.07) is -0.0243. The van der Waals surface area contributed by atoms with Crippen LogP contribution in [0.2, 0.25) is 0 Å². The van der Waals surface area contributed by atoms with Crippen LogP contribution in [-0.2, 0) is 19.1 Å². The zero-order chi connectivity index (χ0) is 17.9. The Morgan fingerprint density at radius 3 is 2.50 bits per heavy atom. The molecule has 24 heavy (non-hydrogen) atoms. The first-order valence-corrected chi connectivity index (χ1v) is 8.54. The van der Waals surface area contributed by atoms with Crippen LogP contribution in [0.3, 0.4) is 0 Å². The lowest BCUT2D eigenvalue weighted by atomic mass is 9.59. The summed E-state index contributed by atoms with van der Waals surface area (Å²) in [6.45, 7) is 10.0. The number of carbonyl (C=O) groups excluding carboxylic acids is 2. The molecule has 0 spiro atoms. The van der Waals surface area contributed by atoms with Crippen LogP contribution in [-0.4, -0.2) is 59.4 Å². The highest BCUT2D eigenvalue weighted by atomic mass is 16.6. The predicted octanol–water partition coefficient (Wildman–Crippen LogP) is 1.27. The molecule has 0 amide bonds. The van der Waals surface area contributed by atoms with E-state index in [1.54, 1.807) is 27.7 Å². The lowest BCUT2D eigenvalue weighted by molar-refractivity contribution is -0.196. The molecule has 3 heterocycles. The Hall–Kier alpha value is -1.40. The van der Waals surface area contributed by atoms with Crippen LogP contribution in [0.1, 0.15) is 41.0 Å². The molecule has 3 aliphatic heterocycles. The Bertz CT molecular complexity index is 605. The standard InChI is InChI=1S/C18H27NO5/c1-16(2)14(20)24-12-7-9-19-8-6-11(13(12)19)10-23-15(21)18(5,22)17(16,3)4/h6,12-13,22H,7-10H2,1-5H3. The van der Waals surface area contributed by atoms with E-state index in [0.717, 1.165) is 25.1 Å². The molecule has 134 valence electrons. The van der Waals surface area contributed by atoms with E-state index in [0.29, 0.717) is 0 Å². The van der Waals surface area contributed by atoms with E-state index in [9.17, 15) is 14.7 Å². The number of hydrogen-bond acceptors (Lipinski definition) is 6. The average Bonchev–Trinajstić information content (AvgIpc) is 3.06. The van der Waals surface area contributed by atoms with E-state index in [4.69, 9.17) is 9.47 Å². The summed E-state index contributed by atoms with van der Waals surface area (Å²) in [7, 11) is 0. The maximum atomic E-state index is 12.9. The summed E-state index contributed by atoms with van der Waals surface area (Å²) in [5, 5.41) is 10.9. The molecule has 3 atom stereocenters. The van der Waals surface area contributed by atoms with Crippen molar-refractivity contribution in [1.29, 1.82) is 0 Å². The first-order chi connectivity index (χ1) is 11.0. The van der Waals surface area contributed by atoms with E-state index < -0.39 is 22.4 Å². The van der Waals surface area contributed by atoms with Crippen molar-refractivity contribution in [2.45, 2.75) is 58.8 Å². The van der Waals surface area contributed by atoms with Crippen molar-refractivity contribution < 1.29 is 24.2 Å². The molecule has 3 unspecified atom stereocenters. The van der Waals surface area contributed by atoms with Crippen LogP contribution in [0.25, 0.3) is 0 Å². The maximum absolute atomic E-state index is 12.9. The van der Waals surface area contributed by atoms with Gasteiger partial charge in [0, 0.05) is 18.5 Å². The number of ether oxygens (including phenoxy) is 2. The van der Waals surface area contributed by atoms with Crippen molar-refractivity contribution in [2.75, 3.05) is 19.7 Å². The zero-order valence-corrected chi connectivity index (χ0v) is 15.1. The molecule has 0 aromatic carbocycles. The zero-order valence-electron chi connectivity index (χ0n) is 15.1. The summed E-state index contributed by atoms with van der Waals surface area (Å²) in [6.07, 6.45) is 2.57. The monoisotopic (exact) mass is 337 g/mol. The lowest BCUT2D eigenvalue weighted by Gasteiger charge is -2.47. The molecule has 0 aromatic rings. The molecule has 2 saturated heterocycles. The third kappa shape index (κ3) is 2.23. The summed E-state index contributed by atoms with van der Waals surface area (Å²) in [5.41, 5.74) is -2.99. The van der Waals surface area contributed by atoms with E-state index in [1.165, 1.54) is 6.92 Å². The molecule has 2 fully saturated rings. The van der Waals surface area contributed by atoms with Gasteiger partial charge < -0.3 is 14.6 Å². The van der Waals surface area contributed by atoms with E-state index in [-0.39, 0.29) is 24.7 Å². The minimum atomic E-state index is -1.81. The predicted molar refractivity (Wildman–Crippen MR) is 87.1 cm³/mol. The van der Waals surface area contributed by atoms with Crippen molar-refractivity contribution in [3.8, 4) is 0 Å². The van der Waals surface area contributed by atoms with Crippen LogP contribution in [0.5, 0.6) is 0 Å². The number of aliphatic hydroxyl groups is 1. The van der Waals surface area contributed by atoms with Crippen molar-refractivity contribution in [2.24, 2.45) is 10.8 Å². The van der Waals surface area contributed by atoms with Gasteiger partial charge in [0.25, 0.3) is 0 Å². The minimum absolute atomic E-state index is 0.0243. The third-order valence-corrected chi connectivity index (χ3v) is 6.73. The topological polar surface area (TPSA) is 76.1 Å². The Labute approximate surface area is 142 Å². The quantitative estimate of drug-likeness (QED) is 0.530. The van der Waals surface area contributed by atoms with Crippen molar-refractivity contribution in [3.05, 3.63) is 11.6 Å². The second kappa shape index (κ2) is 5.30. The van der Waals surface area contributed by atoms with E-state index in [2.05, 4.69) is 4.90 Å². The summed E-state index contributed by atoms with van der Waals surface area (Å²) in [5.74, 6) is -1.09. The van der Waals surface area contributed by atoms with Gasteiger partial charge in [-0.05, 0) is 32.8 Å². The molecule has 0 aliphatic carbocycles. The Morgan fingerprint density at radius 1 is 1.17 bits per heavy atom.